The van der Waals surface area contributed by atoms with E-state index < -0.39 is 17.9 Å². The van der Waals surface area contributed by atoms with Gasteiger partial charge in [-0.3, -0.25) is 4.79 Å². The lowest BCUT2D eigenvalue weighted by Crippen LogP contribution is -2.15. The van der Waals surface area contributed by atoms with Gasteiger partial charge >= 0.3 is 17.9 Å². The summed E-state index contributed by atoms with van der Waals surface area (Å²) in [6.45, 7) is 3.11. The third kappa shape index (κ3) is 12.7. The minimum absolute atomic E-state index is 0.0411. The van der Waals surface area contributed by atoms with Gasteiger partial charge < -0.3 is 37.9 Å². The number of esters is 3. The summed E-state index contributed by atoms with van der Waals surface area (Å²) in [5.41, 5.74) is 0. The summed E-state index contributed by atoms with van der Waals surface area (Å²) in [5.74, 6) is -2.07. The van der Waals surface area contributed by atoms with Crippen LogP contribution in [-0.2, 0) is 33.2 Å². The van der Waals surface area contributed by atoms with Crippen molar-refractivity contribution in [1.82, 2.24) is 0 Å². The number of aliphatic hydroxyl groups is 1. The van der Waals surface area contributed by atoms with Crippen molar-refractivity contribution in [3.63, 3.8) is 0 Å². The van der Waals surface area contributed by atoms with E-state index in [2.05, 4.69) is 0 Å². The number of carbonyl (C=O) groups is 3. The molecule has 0 aliphatic rings. The van der Waals surface area contributed by atoms with E-state index in [0.29, 0.717) is 13.0 Å². The molecular weight excluding hydrogens is 416 g/mol. The van der Waals surface area contributed by atoms with Gasteiger partial charge in [0.05, 0.1) is 19.8 Å². The molecule has 0 aromatic carbocycles. The zero-order valence-electron chi connectivity index (χ0n) is 17.7. The molecule has 11 heteroatoms. The maximum absolute atomic E-state index is 11.9. The molecule has 0 fully saturated rings. The summed E-state index contributed by atoms with van der Waals surface area (Å²) in [6.07, 6.45) is 1.51. The molecule has 0 aliphatic carbocycles. The normalized spacial score (nSPS) is 10.6. The van der Waals surface area contributed by atoms with E-state index in [0.717, 1.165) is 6.42 Å². The van der Waals surface area contributed by atoms with Crippen molar-refractivity contribution < 1.29 is 52.3 Å². The third-order valence-corrected chi connectivity index (χ3v) is 3.53. The van der Waals surface area contributed by atoms with Crippen molar-refractivity contribution in [2.75, 3.05) is 59.6 Å². The fourth-order valence-corrected chi connectivity index (χ4v) is 2.10. The standard InChI is InChI=1S/C20H30O11/c1-2-7-25-10-13-29-19(23)16-5-6-17(31-16)20(24)30-14-11-26-9-12-28-18(22)4-3-8-27-15-21/h5-6,21H,2-4,7-15H2,1H3. The lowest BCUT2D eigenvalue weighted by atomic mass is 10.3. The fraction of sp³-hybridized carbons (Fsp3) is 0.650. The Morgan fingerprint density at radius 3 is 1.87 bits per heavy atom. The highest BCUT2D eigenvalue weighted by atomic mass is 16.6. The third-order valence-electron chi connectivity index (χ3n) is 3.53. The van der Waals surface area contributed by atoms with Gasteiger partial charge in [-0.15, -0.1) is 0 Å². The molecule has 0 bridgehead atoms. The van der Waals surface area contributed by atoms with Gasteiger partial charge in [0.2, 0.25) is 11.5 Å². The molecule has 0 unspecified atom stereocenters. The first kappa shape index (κ1) is 26.6. The van der Waals surface area contributed by atoms with Crippen LogP contribution >= 0.6 is 0 Å². The van der Waals surface area contributed by atoms with Crippen LogP contribution in [-0.4, -0.2) is 82.7 Å². The lowest BCUT2D eigenvalue weighted by molar-refractivity contribution is -0.145. The molecule has 176 valence electrons. The molecular formula is C20H30O11. The Hall–Kier alpha value is -2.47. The highest BCUT2D eigenvalue weighted by Crippen LogP contribution is 2.10. The average Bonchev–Trinajstić information content (AvgIpc) is 3.26. The summed E-state index contributed by atoms with van der Waals surface area (Å²) >= 11 is 0. The van der Waals surface area contributed by atoms with Crippen LogP contribution in [0.4, 0.5) is 0 Å². The van der Waals surface area contributed by atoms with Crippen LogP contribution in [0, 0.1) is 0 Å². The molecule has 0 saturated heterocycles. The molecule has 0 aliphatic heterocycles. The number of ether oxygens (including phenoxy) is 6. The summed E-state index contributed by atoms with van der Waals surface area (Å²) in [5, 5.41) is 8.43. The van der Waals surface area contributed by atoms with Gasteiger partial charge in [0, 0.05) is 19.6 Å². The zero-order valence-corrected chi connectivity index (χ0v) is 17.7. The Morgan fingerprint density at radius 1 is 0.774 bits per heavy atom. The number of carbonyl (C=O) groups excluding carboxylic acids is 3. The van der Waals surface area contributed by atoms with Crippen molar-refractivity contribution in [2.24, 2.45) is 0 Å². The topological polar surface area (TPSA) is 140 Å². The van der Waals surface area contributed by atoms with Crippen molar-refractivity contribution in [3.05, 3.63) is 23.7 Å². The minimum Gasteiger partial charge on any atom is -0.463 e. The summed E-state index contributed by atoms with van der Waals surface area (Å²) in [7, 11) is 0. The van der Waals surface area contributed by atoms with E-state index in [1.807, 2.05) is 6.92 Å². The highest BCUT2D eigenvalue weighted by molar-refractivity contribution is 5.90. The first-order chi connectivity index (χ1) is 15.1. The minimum atomic E-state index is -0.745. The van der Waals surface area contributed by atoms with E-state index in [1.54, 1.807) is 0 Å². The van der Waals surface area contributed by atoms with E-state index in [-0.39, 0.29) is 71.0 Å². The van der Waals surface area contributed by atoms with Crippen LogP contribution in [0.2, 0.25) is 0 Å². The summed E-state index contributed by atoms with van der Waals surface area (Å²) in [6, 6.07) is 2.64. The van der Waals surface area contributed by atoms with Crippen LogP contribution in [0.1, 0.15) is 47.3 Å². The first-order valence-corrected chi connectivity index (χ1v) is 10.0. The molecule has 0 radical (unpaired) electrons. The second-order valence-electron chi connectivity index (χ2n) is 6.02. The van der Waals surface area contributed by atoms with E-state index in [4.69, 9.17) is 37.9 Å². The van der Waals surface area contributed by atoms with E-state index in [9.17, 15) is 14.4 Å². The predicted molar refractivity (Wildman–Crippen MR) is 104 cm³/mol. The Kier molecular flexibility index (Phi) is 14.8. The van der Waals surface area contributed by atoms with Crippen molar-refractivity contribution >= 4 is 17.9 Å². The van der Waals surface area contributed by atoms with Crippen LogP contribution in [0.3, 0.4) is 0 Å². The predicted octanol–water partition coefficient (Wildman–Crippen LogP) is 1.33. The molecule has 11 nitrogen and oxygen atoms in total. The Labute approximate surface area is 180 Å². The maximum Gasteiger partial charge on any atom is 0.374 e. The smallest absolute Gasteiger partial charge is 0.374 e. The molecule has 0 saturated carbocycles. The largest absolute Gasteiger partial charge is 0.463 e. The van der Waals surface area contributed by atoms with Gasteiger partial charge in [-0.1, -0.05) is 6.92 Å². The van der Waals surface area contributed by atoms with Gasteiger partial charge in [0.15, 0.2) is 0 Å². The number of hydrogen-bond donors (Lipinski definition) is 1. The number of rotatable bonds is 18. The summed E-state index contributed by atoms with van der Waals surface area (Å²) in [4.78, 5) is 35.1. The molecule has 31 heavy (non-hydrogen) atoms. The Balaban J connectivity index is 2.10. The lowest BCUT2D eigenvalue weighted by Gasteiger charge is -2.07. The zero-order chi connectivity index (χ0) is 22.7. The Bertz CT molecular complexity index is 641. The van der Waals surface area contributed by atoms with Crippen molar-refractivity contribution in [2.45, 2.75) is 26.2 Å². The summed E-state index contributed by atoms with van der Waals surface area (Å²) < 4.78 is 35.1. The van der Waals surface area contributed by atoms with Crippen molar-refractivity contribution in [3.8, 4) is 0 Å². The van der Waals surface area contributed by atoms with Gasteiger partial charge in [-0.2, -0.15) is 0 Å². The maximum atomic E-state index is 11.9. The van der Waals surface area contributed by atoms with E-state index in [1.165, 1.54) is 12.1 Å². The molecule has 0 spiro atoms. The van der Waals surface area contributed by atoms with Crippen LogP contribution < -0.4 is 0 Å². The van der Waals surface area contributed by atoms with Gasteiger partial charge in [0.25, 0.3) is 0 Å². The SMILES string of the molecule is CCCOCCOC(=O)c1ccc(C(=O)OCCOCCOC(=O)CCCOCO)o1. The van der Waals surface area contributed by atoms with E-state index >= 15 is 0 Å². The van der Waals surface area contributed by atoms with Crippen LogP contribution in [0.15, 0.2) is 16.5 Å². The molecule has 1 rings (SSSR count). The molecule has 1 heterocycles. The average molecular weight is 446 g/mol. The van der Waals surface area contributed by atoms with Crippen LogP contribution in [0.25, 0.3) is 0 Å². The van der Waals surface area contributed by atoms with Gasteiger partial charge in [0.1, 0.15) is 26.6 Å². The molecule has 1 aromatic heterocycles. The number of hydrogen-bond acceptors (Lipinski definition) is 11. The highest BCUT2D eigenvalue weighted by Gasteiger charge is 2.17. The van der Waals surface area contributed by atoms with Gasteiger partial charge in [-0.25, -0.2) is 9.59 Å². The quantitative estimate of drug-likeness (QED) is 0.151. The second-order valence-corrected chi connectivity index (χ2v) is 6.02. The number of furan rings is 1. The molecule has 1 aromatic rings. The van der Waals surface area contributed by atoms with Crippen LogP contribution in [0.5, 0.6) is 0 Å². The Morgan fingerprint density at radius 2 is 1.32 bits per heavy atom. The molecule has 1 N–H and O–H groups in total. The monoisotopic (exact) mass is 446 g/mol. The molecule has 0 amide bonds. The van der Waals surface area contributed by atoms with Crippen molar-refractivity contribution in [1.29, 1.82) is 0 Å². The number of aliphatic hydroxyl groups excluding tert-OH is 1. The molecule has 0 atom stereocenters. The first-order valence-electron chi connectivity index (χ1n) is 10.0. The second kappa shape index (κ2) is 17.2. The fourth-order valence-electron chi connectivity index (χ4n) is 2.10. The van der Waals surface area contributed by atoms with Gasteiger partial charge in [-0.05, 0) is 25.0 Å².